The SMILES string of the molecule is CN(C)c1[nH]c(-c2ccccc2)nc1Cl. The highest BCUT2D eigenvalue weighted by Gasteiger charge is 2.10. The van der Waals surface area contributed by atoms with Crippen LogP contribution in [-0.4, -0.2) is 24.1 Å². The van der Waals surface area contributed by atoms with Gasteiger partial charge in [0.15, 0.2) is 5.15 Å². The maximum absolute atomic E-state index is 6.01. The molecule has 0 atom stereocenters. The summed E-state index contributed by atoms with van der Waals surface area (Å²) in [4.78, 5) is 9.35. The molecule has 15 heavy (non-hydrogen) atoms. The van der Waals surface area contributed by atoms with Crippen LogP contribution in [0.4, 0.5) is 5.82 Å². The van der Waals surface area contributed by atoms with Crippen LogP contribution in [0.15, 0.2) is 30.3 Å². The minimum absolute atomic E-state index is 0.499. The van der Waals surface area contributed by atoms with Crippen molar-refractivity contribution in [2.45, 2.75) is 0 Å². The van der Waals surface area contributed by atoms with Crippen molar-refractivity contribution >= 4 is 17.4 Å². The van der Waals surface area contributed by atoms with Gasteiger partial charge in [-0.15, -0.1) is 0 Å². The molecule has 0 aliphatic rings. The molecule has 78 valence electrons. The maximum atomic E-state index is 6.01. The number of H-pyrrole nitrogens is 1. The number of aromatic nitrogens is 2. The third-order valence-corrected chi connectivity index (χ3v) is 2.40. The fourth-order valence-electron chi connectivity index (χ4n) is 1.37. The van der Waals surface area contributed by atoms with Crippen LogP contribution in [0.25, 0.3) is 11.4 Å². The molecule has 2 rings (SSSR count). The molecule has 1 N–H and O–H groups in total. The minimum Gasteiger partial charge on any atom is -0.362 e. The number of hydrogen-bond acceptors (Lipinski definition) is 2. The highest BCUT2D eigenvalue weighted by molar-refractivity contribution is 6.32. The molecule has 0 aliphatic carbocycles. The van der Waals surface area contributed by atoms with Gasteiger partial charge in [0.05, 0.1) is 0 Å². The highest BCUT2D eigenvalue weighted by Crippen LogP contribution is 2.25. The van der Waals surface area contributed by atoms with Gasteiger partial charge in [-0.25, -0.2) is 4.98 Å². The Hall–Kier alpha value is -1.48. The van der Waals surface area contributed by atoms with Crippen molar-refractivity contribution in [2.75, 3.05) is 19.0 Å². The first-order valence-corrected chi connectivity index (χ1v) is 5.04. The van der Waals surface area contributed by atoms with Gasteiger partial charge in [-0.1, -0.05) is 41.9 Å². The first-order chi connectivity index (χ1) is 7.18. The summed E-state index contributed by atoms with van der Waals surface area (Å²) < 4.78 is 0. The summed E-state index contributed by atoms with van der Waals surface area (Å²) in [6, 6.07) is 9.91. The molecule has 0 aliphatic heterocycles. The minimum atomic E-state index is 0.499. The zero-order chi connectivity index (χ0) is 10.8. The first kappa shape index (κ1) is 10.1. The Kier molecular flexibility index (Phi) is 2.64. The van der Waals surface area contributed by atoms with Crippen LogP contribution < -0.4 is 4.90 Å². The van der Waals surface area contributed by atoms with Crippen molar-refractivity contribution in [2.24, 2.45) is 0 Å². The topological polar surface area (TPSA) is 31.9 Å². The second-order valence-electron chi connectivity index (χ2n) is 3.49. The largest absolute Gasteiger partial charge is 0.362 e. The van der Waals surface area contributed by atoms with Crippen molar-refractivity contribution in [1.29, 1.82) is 0 Å². The Morgan fingerprint density at radius 2 is 1.87 bits per heavy atom. The molecular formula is C11H12ClN3. The molecule has 0 spiro atoms. The molecule has 0 radical (unpaired) electrons. The number of hydrogen-bond donors (Lipinski definition) is 1. The average Bonchev–Trinajstić information content (AvgIpc) is 2.62. The van der Waals surface area contributed by atoms with E-state index in [2.05, 4.69) is 9.97 Å². The lowest BCUT2D eigenvalue weighted by atomic mass is 10.2. The zero-order valence-corrected chi connectivity index (χ0v) is 9.42. The summed E-state index contributed by atoms with van der Waals surface area (Å²) in [5.74, 6) is 1.62. The predicted molar refractivity (Wildman–Crippen MR) is 63.4 cm³/mol. The van der Waals surface area contributed by atoms with E-state index in [9.17, 15) is 0 Å². The van der Waals surface area contributed by atoms with Crippen LogP contribution in [-0.2, 0) is 0 Å². The number of halogens is 1. The number of benzene rings is 1. The van der Waals surface area contributed by atoms with Gasteiger partial charge in [-0.05, 0) is 0 Å². The van der Waals surface area contributed by atoms with E-state index in [4.69, 9.17) is 11.6 Å². The Morgan fingerprint density at radius 3 is 2.40 bits per heavy atom. The van der Waals surface area contributed by atoms with E-state index in [0.717, 1.165) is 17.2 Å². The van der Waals surface area contributed by atoms with Crippen LogP contribution in [0, 0.1) is 0 Å². The van der Waals surface area contributed by atoms with Gasteiger partial charge in [0.1, 0.15) is 11.6 Å². The molecule has 0 amide bonds. The summed E-state index contributed by atoms with van der Waals surface area (Å²) in [6.45, 7) is 0. The lowest BCUT2D eigenvalue weighted by Crippen LogP contribution is -2.09. The molecule has 3 nitrogen and oxygen atoms in total. The Balaban J connectivity index is 2.43. The van der Waals surface area contributed by atoms with Crippen molar-refractivity contribution in [3.8, 4) is 11.4 Å². The van der Waals surface area contributed by atoms with Gasteiger partial charge >= 0.3 is 0 Å². The van der Waals surface area contributed by atoms with E-state index < -0.39 is 0 Å². The third-order valence-electron chi connectivity index (χ3n) is 2.14. The second kappa shape index (κ2) is 3.95. The van der Waals surface area contributed by atoms with Gasteiger partial charge in [0.2, 0.25) is 0 Å². The molecule has 0 unspecified atom stereocenters. The van der Waals surface area contributed by atoms with E-state index in [1.165, 1.54) is 0 Å². The number of aromatic amines is 1. The van der Waals surface area contributed by atoms with Crippen molar-refractivity contribution < 1.29 is 0 Å². The number of imidazole rings is 1. The van der Waals surface area contributed by atoms with Crippen LogP contribution in [0.2, 0.25) is 5.15 Å². The van der Waals surface area contributed by atoms with Gasteiger partial charge < -0.3 is 9.88 Å². The molecular weight excluding hydrogens is 210 g/mol. The lowest BCUT2D eigenvalue weighted by molar-refractivity contribution is 1.09. The first-order valence-electron chi connectivity index (χ1n) is 4.66. The summed E-state index contributed by atoms with van der Waals surface area (Å²) in [6.07, 6.45) is 0. The zero-order valence-electron chi connectivity index (χ0n) is 8.66. The van der Waals surface area contributed by atoms with Gasteiger partial charge in [0, 0.05) is 19.7 Å². The maximum Gasteiger partial charge on any atom is 0.171 e. The Bertz CT molecular complexity index is 448. The fraction of sp³-hybridized carbons (Fsp3) is 0.182. The molecule has 0 saturated carbocycles. The van der Waals surface area contributed by atoms with Crippen molar-refractivity contribution in [3.05, 3.63) is 35.5 Å². The molecule has 1 heterocycles. The van der Waals surface area contributed by atoms with Crippen LogP contribution in [0.5, 0.6) is 0 Å². The molecule has 1 aromatic carbocycles. The van der Waals surface area contributed by atoms with Gasteiger partial charge in [-0.3, -0.25) is 0 Å². The summed E-state index contributed by atoms with van der Waals surface area (Å²) in [7, 11) is 3.85. The lowest BCUT2D eigenvalue weighted by Gasteiger charge is -2.08. The van der Waals surface area contributed by atoms with Crippen molar-refractivity contribution in [1.82, 2.24) is 9.97 Å². The van der Waals surface area contributed by atoms with E-state index in [0.29, 0.717) is 5.15 Å². The molecule has 0 saturated heterocycles. The number of rotatable bonds is 2. The highest BCUT2D eigenvalue weighted by atomic mass is 35.5. The predicted octanol–water partition coefficient (Wildman–Crippen LogP) is 2.80. The smallest absolute Gasteiger partial charge is 0.171 e. The summed E-state index contributed by atoms with van der Waals surface area (Å²) >= 11 is 6.01. The number of anilines is 1. The second-order valence-corrected chi connectivity index (χ2v) is 3.84. The van der Waals surface area contributed by atoms with Crippen LogP contribution >= 0.6 is 11.6 Å². The fourth-order valence-corrected chi connectivity index (χ4v) is 1.67. The van der Waals surface area contributed by atoms with Gasteiger partial charge in [-0.2, -0.15) is 0 Å². The van der Waals surface area contributed by atoms with E-state index in [1.54, 1.807) is 0 Å². The molecule has 2 aromatic rings. The molecule has 0 fully saturated rings. The van der Waals surface area contributed by atoms with Crippen LogP contribution in [0.3, 0.4) is 0 Å². The monoisotopic (exact) mass is 221 g/mol. The third kappa shape index (κ3) is 1.97. The average molecular weight is 222 g/mol. The quantitative estimate of drug-likeness (QED) is 0.846. The van der Waals surface area contributed by atoms with Gasteiger partial charge in [0.25, 0.3) is 0 Å². The van der Waals surface area contributed by atoms with Crippen LogP contribution in [0.1, 0.15) is 0 Å². The van der Waals surface area contributed by atoms with E-state index >= 15 is 0 Å². The molecule has 4 heteroatoms. The molecule has 0 bridgehead atoms. The normalized spacial score (nSPS) is 10.3. The summed E-state index contributed by atoms with van der Waals surface area (Å²) in [5.41, 5.74) is 1.03. The standard InChI is InChI=1S/C11H12ClN3/c1-15(2)11-9(12)13-10(14-11)8-6-4-3-5-7-8/h3-7H,1-2H3,(H,13,14). The van der Waals surface area contributed by atoms with E-state index in [-0.39, 0.29) is 0 Å². The Morgan fingerprint density at radius 1 is 1.20 bits per heavy atom. The van der Waals surface area contributed by atoms with E-state index in [1.807, 2.05) is 49.3 Å². The summed E-state index contributed by atoms with van der Waals surface area (Å²) in [5, 5.41) is 0.499. The number of nitrogens with one attached hydrogen (secondary N) is 1. The number of nitrogens with zero attached hydrogens (tertiary/aromatic N) is 2. The van der Waals surface area contributed by atoms with Crippen molar-refractivity contribution in [3.63, 3.8) is 0 Å². The molecule has 1 aromatic heterocycles. The Labute approximate surface area is 93.7 Å².